The first-order valence-corrected chi connectivity index (χ1v) is 7.52. The van der Waals surface area contributed by atoms with Crippen molar-refractivity contribution in [3.63, 3.8) is 0 Å². The van der Waals surface area contributed by atoms with E-state index in [4.69, 9.17) is 17.3 Å². The maximum absolute atomic E-state index is 6.03. The minimum absolute atomic E-state index is 0.568. The van der Waals surface area contributed by atoms with Gasteiger partial charge in [0.2, 0.25) is 0 Å². The predicted octanol–water partition coefficient (Wildman–Crippen LogP) is 2.64. The van der Waals surface area contributed by atoms with Crippen LogP contribution in [0.1, 0.15) is 5.56 Å². The van der Waals surface area contributed by atoms with Crippen molar-refractivity contribution in [3.8, 4) is 0 Å². The van der Waals surface area contributed by atoms with Crippen LogP contribution in [0.2, 0.25) is 5.02 Å². The van der Waals surface area contributed by atoms with Gasteiger partial charge in [0.1, 0.15) is 5.82 Å². The van der Waals surface area contributed by atoms with E-state index in [1.807, 2.05) is 36.5 Å². The van der Waals surface area contributed by atoms with Crippen molar-refractivity contribution in [2.45, 2.75) is 6.54 Å². The van der Waals surface area contributed by atoms with Gasteiger partial charge >= 0.3 is 0 Å². The molecule has 3 rings (SSSR count). The molecule has 2 N–H and O–H groups in total. The minimum Gasteiger partial charge on any atom is -0.384 e. The number of hydrogen-bond donors (Lipinski definition) is 1. The lowest BCUT2D eigenvalue weighted by molar-refractivity contribution is 0.250. The molecule has 0 spiro atoms. The van der Waals surface area contributed by atoms with Crippen LogP contribution >= 0.6 is 11.6 Å². The molecular formula is C16H19ClN4. The number of anilines is 2. The zero-order valence-electron chi connectivity index (χ0n) is 11.9. The van der Waals surface area contributed by atoms with Crippen LogP contribution in [0.15, 0.2) is 42.6 Å². The van der Waals surface area contributed by atoms with Crippen LogP contribution in [0.3, 0.4) is 0 Å². The topological polar surface area (TPSA) is 45.4 Å². The van der Waals surface area contributed by atoms with Crippen LogP contribution in [0.5, 0.6) is 0 Å². The Hall–Kier alpha value is -1.78. The molecule has 1 fully saturated rings. The van der Waals surface area contributed by atoms with Gasteiger partial charge in [0.25, 0.3) is 0 Å². The molecule has 1 saturated heterocycles. The molecule has 0 unspecified atom stereocenters. The molecular weight excluding hydrogens is 284 g/mol. The summed E-state index contributed by atoms with van der Waals surface area (Å²) in [5.74, 6) is 0.568. The predicted molar refractivity (Wildman–Crippen MR) is 87.6 cm³/mol. The number of nitrogens with two attached hydrogens (primary N) is 1. The molecule has 1 aliphatic rings. The Balaban J connectivity index is 1.56. The molecule has 0 radical (unpaired) electrons. The monoisotopic (exact) mass is 302 g/mol. The van der Waals surface area contributed by atoms with Gasteiger partial charge in [-0.2, -0.15) is 0 Å². The number of halogens is 1. The smallest absolute Gasteiger partial charge is 0.123 e. The van der Waals surface area contributed by atoms with Crippen molar-refractivity contribution in [1.82, 2.24) is 9.88 Å². The Kier molecular flexibility index (Phi) is 4.27. The van der Waals surface area contributed by atoms with E-state index in [0.717, 1.165) is 43.4 Å². The molecule has 1 aliphatic heterocycles. The number of nitrogens with zero attached hydrogens (tertiary/aromatic N) is 3. The molecule has 21 heavy (non-hydrogen) atoms. The number of nitrogen functional groups attached to an aromatic ring is 1. The molecule has 0 bridgehead atoms. The second-order valence-electron chi connectivity index (χ2n) is 5.33. The second-order valence-corrected chi connectivity index (χ2v) is 5.77. The molecule has 0 atom stereocenters. The fourth-order valence-corrected chi connectivity index (χ4v) is 2.86. The minimum atomic E-state index is 0.568. The molecule has 0 amide bonds. The molecule has 4 nitrogen and oxygen atoms in total. The number of pyridine rings is 1. The Morgan fingerprint density at radius 2 is 1.90 bits per heavy atom. The molecule has 1 aromatic carbocycles. The van der Waals surface area contributed by atoms with E-state index >= 15 is 0 Å². The maximum Gasteiger partial charge on any atom is 0.123 e. The quantitative estimate of drug-likeness (QED) is 0.947. The van der Waals surface area contributed by atoms with Gasteiger partial charge in [0.05, 0.1) is 11.9 Å². The fraction of sp³-hybridized carbons (Fsp3) is 0.312. The zero-order chi connectivity index (χ0) is 14.7. The van der Waals surface area contributed by atoms with Crippen molar-refractivity contribution in [2.75, 3.05) is 36.8 Å². The third kappa shape index (κ3) is 3.65. The first kappa shape index (κ1) is 14.2. The van der Waals surface area contributed by atoms with Crippen LogP contribution in [0.4, 0.5) is 11.5 Å². The van der Waals surface area contributed by atoms with Crippen molar-refractivity contribution in [2.24, 2.45) is 0 Å². The summed E-state index contributed by atoms with van der Waals surface area (Å²) in [5.41, 5.74) is 8.04. The molecule has 2 heterocycles. The standard InChI is InChI=1S/C16H19ClN4/c17-14-3-1-2-13(10-14)12-20-6-8-21(9-7-20)15-4-5-16(18)19-11-15/h1-5,10-11H,6-9,12H2,(H2,18,19). The fourth-order valence-electron chi connectivity index (χ4n) is 2.64. The highest BCUT2D eigenvalue weighted by atomic mass is 35.5. The Morgan fingerprint density at radius 3 is 2.57 bits per heavy atom. The van der Waals surface area contributed by atoms with E-state index < -0.39 is 0 Å². The Morgan fingerprint density at radius 1 is 1.10 bits per heavy atom. The molecule has 2 aromatic rings. The van der Waals surface area contributed by atoms with Crippen LogP contribution in [0, 0.1) is 0 Å². The molecule has 5 heteroatoms. The van der Waals surface area contributed by atoms with E-state index in [1.165, 1.54) is 5.56 Å². The summed E-state index contributed by atoms with van der Waals surface area (Å²) in [6.07, 6.45) is 1.85. The lowest BCUT2D eigenvalue weighted by Crippen LogP contribution is -2.46. The number of rotatable bonds is 3. The largest absolute Gasteiger partial charge is 0.384 e. The van der Waals surface area contributed by atoms with Gasteiger partial charge in [-0.1, -0.05) is 23.7 Å². The average molecular weight is 303 g/mol. The summed E-state index contributed by atoms with van der Waals surface area (Å²) in [6.45, 7) is 5.04. The summed E-state index contributed by atoms with van der Waals surface area (Å²) in [4.78, 5) is 8.96. The summed E-state index contributed by atoms with van der Waals surface area (Å²) >= 11 is 6.03. The van der Waals surface area contributed by atoms with Gasteiger partial charge in [-0.15, -0.1) is 0 Å². The van der Waals surface area contributed by atoms with E-state index in [2.05, 4.69) is 20.9 Å². The third-order valence-corrected chi connectivity index (χ3v) is 4.04. The van der Waals surface area contributed by atoms with E-state index in [1.54, 1.807) is 0 Å². The molecule has 0 aliphatic carbocycles. The molecule has 0 saturated carbocycles. The first-order valence-electron chi connectivity index (χ1n) is 7.14. The maximum atomic E-state index is 6.03. The van der Waals surface area contributed by atoms with Gasteiger partial charge in [-0.05, 0) is 29.8 Å². The summed E-state index contributed by atoms with van der Waals surface area (Å²) in [6, 6.07) is 12.0. The van der Waals surface area contributed by atoms with Crippen molar-refractivity contribution < 1.29 is 0 Å². The summed E-state index contributed by atoms with van der Waals surface area (Å²) < 4.78 is 0. The number of benzene rings is 1. The van der Waals surface area contributed by atoms with Gasteiger partial charge in [0, 0.05) is 37.7 Å². The summed E-state index contributed by atoms with van der Waals surface area (Å²) in [5, 5.41) is 0.805. The highest BCUT2D eigenvalue weighted by Crippen LogP contribution is 2.18. The van der Waals surface area contributed by atoms with E-state index in [9.17, 15) is 0 Å². The summed E-state index contributed by atoms with van der Waals surface area (Å²) in [7, 11) is 0. The van der Waals surface area contributed by atoms with E-state index in [-0.39, 0.29) is 0 Å². The Bertz CT molecular complexity index is 591. The number of piperazine rings is 1. The van der Waals surface area contributed by atoms with Gasteiger partial charge in [-0.25, -0.2) is 4.98 Å². The number of aromatic nitrogens is 1. The van der Waals surface area contributed by atoms with Crippen LogP contribution in [0.25, 0.3) is 0 Å². The van der Waals surface area contributed by atoms with Gasteiger partial charge in [0.15, 0.2) is 0 Å². The SMILES string of the molecule is Nc1ccc(N2CCN(Cc3cccc(Cl)c3)CC2)cn1. The lowest BCUT2D eigenvalue weighted by atomic mass is 10.2. The molecule has 1 aromatic heterocycles. The normalized spacial score (nSPS) is 16.1. The Labute approximate surface area is 130 Å². The average Bonchev–Trinajstić information content (AvgIpc) is 2.49. The van der Waals surface area contributed by atoms with E-state index in [0.29, 0.717) is 5.82 Å². The van der Waals surface area contributed by atoms with Gasteiger partial charge in [-0.3, -0.25) is 4.90 Å². The van der Waals surface area contributed by atoms with Gasteiger partial charge < -0.3 is 10.6 Å². The van der Waals surface area contributed by atoms with Crippen molar-refractivity contribution in [3.05, 3.63) is 53.2 Å². The highest BCUT2D eigenvalue weighted by Gasteiger charge is 2.17. The third-order valence-electron chi connectivity index (χ3n) is 3.80. The van der Waals surface area contributed by atoms with Crippen LogP contribution in [-0.4, -0.2) is 36.1 Å². The number of hydrogen-bond acceptors (Lipinski definition) is 4. The lowest BCUT2D eigenvalue weighted by Gasteiger charge is -2.36. The van der Waals surface area contributed by atoms with Crippen molar-refractivity contribution in [1.29, 1.82) is 0 Å². The van der Waals surface area contributed by atoms with Crippen molar-refractivity contribution >= 4 is 23.1 Å². The second kappa shape index (κ2) is 6.33. The first-order chi connectivity index (χ1) is 10.2. The highest BCUT2D eigenvalue weighted by molar-refractivity contribution is 6.30. The molecule has 110 valence electrons. The van der Waals surface area contributed by atoms with Crippen LogP contribution in [-0.2, 0) is 6.54 Å². The van der Waals surface area contributed by atoms with Crippen LogP contribution < -0.4 is 10.6 Å². The zero-order valence-corrected chi connectivity index (χ0v) is 12.6.